The van der Waals surface area contributed by atoms with Gasteiger partial charge < -0.3 is 14.2 Å². The number of ether oxygens (including phenoxy) is 1. The van der Waals surface area contributed by atoms with Gasteiger partial charge in [-0.1, -0.05) is 11.6 Å². The minimum absolute atomic E-state index is 0.114. The van der Waals surface area contributed by atoms with Crippen LogP contribution in [0.1, 0.15) is 53.9 Å². The number of amides is 1. The summed E-state index contributed by atoms with van der Waals surface area (Å²) in [7, 11) is 1.75. The van der Waals surface area contributed by atoms with Crippen LogP contribution in [0.5, 0.6) is 0 Å². The summed E-state index contributed by atoms with van der Waals surface area (Å²) in [5, 5.41) is 13.3. The number of nitrogens with zero attached hydrogens (tertiary/aromatic N) is 6. The molecule has 0 bridgehead atoms. The topological polar surface area (TPSA) is 78.1 Å². The maximum atomic E-state index is 12.8. The summed E-state index contributed by atoms with van der Waals surface area (Å²) in [6, 6.07) is 0.114. The zero-order chi connectivity index (χ0) is 17.6. The molecule has 134 valence electrons. The maximum Gasteiger partial charge on any atom is 0.276 e. The molecule has 1 saturated heterocycles. The smallest absolute Gasteiger partial charge is 0.276 e. The second-order valence-electron chi connectivity index (χ2n) is 6.77. The molecule has 0 saturated carbocycles. The van der Waals surface area contributed by atoms with Crippen molar-refractivity contribution < 1.29 is 9.53 Å². The lowest BCUT2D eigenvalue weighted by atomic mass is 9.99. The van der Waals surface area contributed by atoms with Crippen molar-refractivity contribution in [2.45, 2.75) is 38.3 Å². The second-order valence-corrected chi connectivity index (χ2v) is 7.17. The van der Waals surface area contributed by atoms with E-state index < -0.39 is 0 Å². The molecule has 0 spiro atoms. The third kappa shape index (κ3) is 2.93. The molecule has 0 radical (unpaired) electrons. The van der Waals surface area contributed by atoms with Gasteiger partial charge in [-0.15, -0.1) is 10.2 Å². The van der Waals surface area contributed by atoms with Gasteiger partial charge in [-0.05, 0) is 19.8 Å². The molecule has 0 aliphatic carbocycles. The van der Waals surface area contributed by atoms with E-state index in [0.717, 1.165) is 37.7 Å². The Kier molecular flexibility index (Phi) is 4.24. The molecule has 1 amide bonds. The molecule has 0 unspecified atom stereocenters. The molecule has 2 aromatic heterocycles. The second kappa shape index (κ2) is 6.42. The third-order valence-corrected chi connectivity index (χ3v) is 5.19. The number of halogens is 1. The van der Waals surface area contributed by atoms with Crippen LogP contribution < -0.4 is 0 Å². The standard InChI is InChI=1S/C16H21ClN6O2/c1-10-7-22(16(24)14-12(17)8-21(2)20-14)9-13-18-19-15(23(10)13)11-3-5-25-6-4-11/h8,10-11H,3-7,9H2,1-2H3/t10-/m0/s1. The minimum atomic E-state index is -0.167. The van der Waals surface area contributed by atoms with Crippen LogP contribution in [0.2, 0.25) is 5.02 Å². The van der Waals surface area contributed by atoms with E-state index in [1.54, 1.807) is 22.8 Å². The van der Waals surface area contributed by atoms with E-state index in [0.29, 0.717) is 24.0 Å². The van der Waals surface area contributed by atoms with Crippen molar-refractivity contribution in [3.8, 4) is 0 Å². The molecule has 1 atom stereocenters. The maximum absolute atomic E-state index is 12.8. The molecule has 9 heteroatoms. The van der Waals surface area contributed by atoms with E-state index >= 15 is 0 Å². The molecule has 4 rings (SSSR count). The lowest BCUT2D eigenvalue weighted by Gasteiger charge is -2.33. The molecule has 0 aromatic carbocycles. The highest BCUT2D eigenvalue weighted by Crippen LogP contribution is 2.31. The number of fused-ring (bicyclic) bond motifs is 1. The summed E-state index contributed by atoms with van der Waals surface area (Å²) in [4.78, 5) is 14.5. The molecule has 1 fully saturated rings. The van der Waals surface area contributed by atoms with Crippen LogP contribution in [0, 0.1) is 0 Å². The summed E-state index contributed by atoms with van der Waals surface area (Å²) < 4.78 is 9.19. The minimum Gasteiger partial charge on any atom is -0.381 e. The SMILES string of the molecule is C[C@H]1CN(C(=O)c2nn(C)cc2Cl)Cc2nnc(C3CCOCC3)n21. The highest BCUT2D eigenvalue weighted by molar-refractivity contribution is 6.33. The number of hydrogen-bond acceptors (Lipinski definition) is 5. The first kappa shape index (κ1) is 16.5. The van der Waals surface area contributed by atoms with Crippen molar-refractivity contribution >= 4 is 17.5 Å². The number of hydrogen-bond donors (Lipinski definition) is 0. The van der Waals surface area contributed by atoms with E-state index in [-0.39, 0.29) is 17.6 Å². The molecule has 8 nitrogen and oxygen atoms in total. The van der Waals surface area contributed by atoms with Gasteiger partial charge in [0.05, 0.1) is 17.6 Å². The highest BCUT2D eigenvalue weighted by Gasteiger charge is 2.33. The first-order valence-electron chi connectivity index (χ1n) is 8.54. The fourth-order valence-electron chi connectivity index (χ4n) is 3.70. The van der Waals surface area contributed by atoms with E-state index in [1.807, 2.05) is 0 Å². The first-order valence-corrected chi connectivity index (χ1v) is 8.92. The fourth-order valence-corrected chi connectivity index (χ4v) is 3.96. The molecule has 4 heterocycles. The number of carbonyl (C=O) groups is 1. The Morgan fingerprint density at radius 2 is 2.08 bits per heavy atom. The Morgan fingerprint density at radius 1 is 1.32 bits per heavy atom. The number of carbonyl (C=O) groups excluding carboxylic acids is 1. The van der Waals surface area contributed by atoms with Gasteiger partial charge >= 0.3 is 0 Å². The van der Waals surface area contributed by atoms with Crippen molar-refractivity contribution in [2.24, 2.45) is 7.05 Å². The number of aromatic nitrogens is 5. The zero-order valence-corrected chi connectivity index (χ0v) is 15.1. The molecule has 2 aliphatic rings. The van der Waals surface area contributed by atoms with Crippen LogP contribution in [0.4, 0.5) is 0 Å². The van der Waals surface area contributed by atoms with E-state index in [4.69, 9.17) is 16.3 Å². The van der Waals surface area contributed by atoms with Gasteiger partial charge in [0, 0.05) is 38.9 Å². The van der Waals surface area contributed by atoms with Crippen molar-refractivity contribution in [1.29, 1.82) is 0 Å². The normalized spacial score (nSPS) is 21.4. The molecule has 0 N–H and O–H groups in total. The average Bonchev–Trinajstić information content (AvgIpc) is 3.18. The summed E-state index contributed by atoms with van der Waals surface area (Å²) in [5.74, 6) is 2.05. The van der Waals surface area contributed by atoms with Crippen LogP contribution in [-0.4, -0.2) is 55.1 Å². The van der Waals surface area contributed by atoms with Crippen molar-refractivity contribution in [1.82, 2.24) is 29.4 Å². The Morgan fingerprint density at radius 3 is 2.76 bits per heavy atom. The quantitative estimate of drug-likeness (QED) is 0.811. The lowest BCUT2D eigenvalue weighted by molar-refractivity contribution is 0.0662. The molecular formula is C16H21ClN6O2. The van der Waals surface area contributed by atoms with Gasteiger partial charge in [-0.3, -0.25) is 9.48 Å². The molecule has 2 aliphatic heterocycles. The van der Waals surface area contributed by atoms with Crippen LogP contribution in [0.15, 0.2) is 6.20 Å². The molecule has 2 aromatic rings. The number of aryl methyl sites for hydroxylation is 1. The van der Waals surface area contributed by atoms with Gasteiger partial charge in [0.2, 0.25) is 0 Å². The average molecular weight is 365 g/mol. The van der Waals surface area contributed by atoms with Gasteiger partial charge in [0.15, 0.2) is 11.5 Å². The number of rotatable bonds is 2. The Bertz CT molecular complexity index is 795. The van der Waals surface area contributed by atoms with Gasteiger partial charge in [0.25, 0.3) is 5.91 Å². The summed E-state index contributed by atoms with van der Waals surface area (Å²) in [5.41, 5.74) is 0.286. The van der Waals surface area contributed by atoms with Crippen molar-refractivity contribution in [3.63, 3.8) is 0 Å². The van der Waals surface area contributed by atoms with Crippen LogP contribution in [0.3, 0.4) is 0 Å². The van der Waals surface area contributed by atoms with E-state index in [9.17, 15) is 4.79 Å². The Balaban J connectivity index is 1.58. The summed E-state index contributed by atoms with van der Waals surface area (Å²) >= 11 is 6.13. The third-order valence-electron chi connectivity index (χ3n) is 4.91. The molecular weight excluding hydrogens is 344 g/mol. The highest BCUT2D eigenvalue weighted by atomic mass is 35.5. The Hall–Kier alpha value is -1.93. The van der Waals surface area contributed by atoms with E-state index in [2.05, 4.69) is 26.8 Å². The molecule has 25 heavy (non-hydrogen) atoms. The zero-order valence-electron chi connectivity index (χ0n) is 14.4. The van der Waals surface area contributed by atoms with Gasteiger partial charge in [-0.25, -0.2) is 0 Å². The van der Waals surface area contributed by atoms with E-state index in [1.165, 1.54) is 0 Å². The first-order chi connectivity index (χ1) is 12.0. The Labute approximate surface area is 150 Å². The predicted molar refractivity (Wildman–Crippen MR) is 90.5 cm³/mol. The van der Waals surface area contributed by atoms with Crippen LogP contribution in [-0.2, 0) is 18.3 Å². The van der Waals surface area contributed by atoms with Crippen molar-refractivity contribution in [3.05, 3.63) is 28.6 Å². The lowest BCUT2D eigenvalue weighted by Crippen LogP contribution is -2.41. The summed E-state index contributed by atoms with van der Waals surface area (Å²) in [6.45, 7) is 4.64. The fraction of sp³-hybridized carbons (Fsp3) is 0.625. The van der Waals surface area contributed by atoms with Gasteiger partial charge in [0.1, 0.15) is 5.82 Å². The predicted octanol–water partition coefficient (Wildman–Crippen LogP) is 1.78. The van der Waals surface area contributed by atoms with Crippen molar-refractivity contribution in [2.75, 3.05) is 19.8 Å². The van der Waals surface area contributed by atoms with Crippen LogP contribution in [0.25, 0.3) is 0 Å². The largest absolute Gasteiger partial charge is 0.381 e. The monoisotopic (exact) mass is 364 g/mol. The van der Waals surface area contributed by atoms with Gasteiger partial charge in [-0.2, -0.15) is 5.10 Å². The van der Waals surface area contributed by atoms with Crippen LogP contribution >= 0.6 is 11.6 Å². The summed E-state index contributed by atoms with van der Waals surface area (Å²) in [6.07, 6.45) is 3.57.